The molecule has 0 bridgehead atoms. The molecule has 7 heteroatoms. The Morgan fingerprint density at radius 2 is 1.78 bits per heavy atom. The summed E-state index contributed by atoms with van der Waals surface area (Å²) in [5.74, 6) is 0.318. The number of aryl methyl sites for hydroxylation is 1. The number of allylic oxidation sites excluding steroid dienone is 1. The van der Waals surface area contributed by atoms with Crippen molar-refractivity contribution in [3.63, 3.8) is 0 Å². The summed E-state index contributed by atoms with van der Waals surface area (Å²) in [6.07, 6.45) is 1.89. The lowest BCUT2D eigenvalue weighted by Gasteiger charge is -2.24. The van der Waals surface area contributed by atoms with E-state index in [-0.39, 0.29) is 12.2 Å². The fourth-order valence-electron chi connectivity index (χ4n) is 4.60. The molecule has 0 N–H and O–H groups in total. The van der Waals surface area contributed by atoms with Crippen molar-refractivity contribution < 1.29 is 14.3 Å². The number of ether oxygens (including phenoxy) is 2. The minimum atomic E-state index is -0.615. The maximum atomic E-state index is 13.8. The first-order valence-electron chi connectivity index (χ1n) is 11.7. The van der Waals surface area contributed by atoms with Gasteiger partial charge in [0.15, 0.2) is 4.80 Å². The number of hydrogen-bond donors (Lipinski definition) is 0. The summed E-state index contributed by atoms with van der Waals surface area (Å²) in [7, 11) is 1.65. The number of thiazole rings is 1. The highest BCUT2D eigenvalue weighted by atomic mass is 32.1. The van der Waals surface area contributed by atoms with E-state index in [0.29, 0.717) is 20.6 Å². The summed E-state index contributed by atoms with van der Waals surface area (Å²) in [5, 5.41) is 1.96. The van der Waals surface area contributed by atoms with Crippen LogP contribution in [-0.2, 0) is 9.53 Å². The number of hydrogen-bond acceptors (Lipinski definition) is 6. The van der Waals surface area contributed by atoms with Gasteiger partial charge < -0.3 is 9.47 Å². The molecule has 1 aliphatic heterocycles. The van der Waals surface area contributed by atoms with Crippen molar-refractivity contribution in [3.8, 4) is 5.75 Å². The molecule has 2 heterocycles. The Morgan fingerprint density at radius 3 is 2.47 bits per heavy atom. The van der Waals surface area contributed by atoms with Gasteiger partial charge in [0.05, 0.1) is 35.6 Å². The van der Waals surface area contributed by atoms with E-state index in [2.05, 4.69) is 4.99 Å². The zero-order valence-electron chi connectivity index (χ0n) is 20.6. The quantitative estimate of drug-likeness (QED) is 0.386. The third kappa shape index (κ3) is 4.05. The van der Waals surface area contributed by atoms with Gasteiger partial charge in [0.1, 0.15) is 5.75 Å². The minimum absolute atomic E-state index is 0.196. The molecule has 0 saturated heterocycles. The molecule has 4 aromatic rings. The van der Waals surface area contributed by atoms with Crippen LogP contribution in [0.5, 0.6) is 5.75 Å². The summed E-state index contributed by atoms with van der Waals surface area (Å²) >= 11 is 1.32. The van der Waals surface area contributed by atoms with Crippen LogP contribution in [0.25, 0.3) is 16.8 Å². The predicted octanol–water partition coefficient (Wildman–Crippen LogP) is 4.27. The summed E-state index contributed by atoms with van der Waals surface area (Å²) in [5.41, 5.74) is 3.58. The summed E-state index contributed by atoms with van der Waals surface area (Å²) in [6.45, 7) is 5.80. The lowest BCUT2D eigenvalue weighted by Crippen LogP contribution is -2.39. The number of methoxy groups -OCH3 is 1. The highest BCUT2D eigenvalue weighted by Crippen LogP contribution is 2.31. The number of carbonyl (C=O) groups excluding carboxylic acids is 1. The lowest BCUT2D eigenvalue weighted by molar-refractivity contribution is -0.139. The van der Waals surface area contributed by atoms with E-state index in [1.165, 1.54) is 11.3 Å². The molecule has 1 aromatic heterocycles. The molecule has 3 aromatic carbocycles. The molecule has 5 rings (SSSR count). The molecule has 182 valence electrons. The van der Waals surface area contributed by atoms with Crippen molar-refractivity contribution in [2.45, 2.75) is 26.8 Å². The third-order valence-corrected chi connectivity index (χ3v) is 7.32. The number of aromatic nitrogens is 1. The van der Waals surface area contributed by atoms with Gasteiger partial charge in [-0.25, -0.2) is 9.79 Å². The molecule has 0 spiro atoms. The van der Waals surface area contributed by atoms with Crippen LogP contribution in [0.4, 0.5) is 0 Å². The van der Waals surface area contributed by atoms with Crippen molar-refractivity contribution in [3.05, 3.63) is 108 Å². The van der Waals surface area contributed by atoms with E-state index in [1.807, 2.05) is 73.7 Å². The van der Waals surface area contributed by atoms with Gasteiger partial charge in [-0.05, 0) is 49.4 Å². The van der Waals surface area contributed by atoms with E-state index in [0.717, 1.165) is 33.2 Å². The highest BCUT2D eigenvalue weighted by Gasteiger charge is 2.33. The van der Waals surface area contributed by atoms with Gasteiger partial charge in [-0.3, -0.25) is 9.36 Å². The van der Waals surface area contributed by atoms with Crippen molar-refractivity contribution in [1.29, 1.82) is 0 Å². The van der Waals surface area contributed by atoms with Gasteiger partial charge >= 0.3 is 5.97 Å². The Balaban J connectivity index is 1.75. The summed E-state index contributed by atoms with van der Waals surface area (Å²) in [6, 6.07) is 19.0. The second kappa shape index (κ2) is 9.59. The van der Waals surface area contributed by atoms with Crippen LogP contribution in [-0.4, -0.2) is 24.3 Å². The second-order valence-corrected chi connectivity index (χ2v) is 9.62. The van der Waals surface area contributed by atoms with Crippen LogP contribution < -0.4 is 19.6 Å². The van der Waals surface area contributed by atoms with Gasteiger partial charge in [-0.15, -0.1) is 0 Å². The van der Waals surface area contributed by atoms with Crippen LogP contribution in [0.2, 0.25) is 0 Å². The van der Waals surface area contributed by atoms with Gasteiger partial charge in [0.25, 0.3) is 5.56 Å². The monoisotopic (exact) mass is 498 g/mol. The van der Waals surface area contributed by atoms with Crippen molar-refractivity contribution >= 4 is 34.2 Å². The molecule has 36 heavy (non-hydrogen) atoms. The topological polar surface area (TPSA) is 69.9 Å². The Bertz CT molecular complexity index is 1690. The van der Waals surface area contributed by atoms with Crippen LogP contribution in [0.15, 0.2) is 81.7 Å². The van der Waals surface area contributed by atoms with E-state index in [1.54, 1.807) is 25.5 Å². The van der Waals surface area contributed by atoms with Crippen molar-refractivity contribution in [1.82, 2.24) is 4.57 Å². The zero-order valence-corrected chi connectivity index (χ0v) is 21.4. The smallest absolute Gasteiger partial charge is 0.338 e. The first-order chi connectivity index (χ1) is 17.4. The van der Waals surface area contributed by atoms with Crippen LogP contribution >= 0.6 is 11.3 Å². The van der Waals surface area contributed by atoms with Crippen LogP contribution in [0, 0.1) is 6.92 Å². The largest absolute Gasteiger partial charge is 0.496 e. The molecule has 0 fully saturated rings. The SMILES string of the molecule is CCOC(=O)C1=C(C)N=c2s/c(=C\c3ccc(OC)c4ccccc34)c(=O)n2C1c1ccc(C)cc1. The molecule has 1 unspecified atom stereocenters. The van der Waals surface area contributed by atoms with Gasteiger partial charge in [0.2, 0.25) is 0 Å². The molecular formula is C29H26N2O4S. The minimum Gasteiger partial charge on any atom is -0.496 e. The fourth-order valence-corrected chi connectivity index (χ4v) is 5.63. The maximum absolute atomic E-state index is 13.8. The van der Waals surface area contributed by atoms with Crippen LogP contribution in [0.1, 0.15) is 36.6 Å². The molecule has 0 aliphatic carbocycles. The van der Waals surface area contributed by atoms with Gasteiger partial charge in [0, 0.05) is 5.39 Å². The number of carbonyl (C=O) groups is 1. The van der Waals surface area contributed by atoms with E-state index < -0.39 is 12.0 Å². The third-order valence-electron chi connectivity index (χ3n) is 6.33. The standard InChI is InChI=1S/C29H26N2O4S/c1-5-35-28(33)25-18(3)30-29-31(26(25)19-12-10-17(2)11-13-19)27(32)24(36-29)16-20-14-15-23(34-4)22-9-7-6-8-21(20)22/h6-16,26H,5H2,1-4H3/b24-16-. The van der Waals surface area contributed by atoms with E-state index >= 15 is 0 Å². The fraction of sp³-hybridized carbons (Fsp3) is 0.207. The molecule has 0 radical (unpaired) electrons. The predicted molar refractivity (Wildman–Crippen MR) is 142 cm³/mol. The van der Waals surface area contributed by atoms with Gasteiger partial charge in [-0.2, -0.15) is 0 Å². The van der Waals surface area contributed by atoms with Gasteiger partial charge in [-0.1, -0.05) is 71.5 Å². The molecule has 0 amide bonds. The highest BCUT2D eigenvalue weighted by molar-refractivity contribution is 7.07. The average molecular weight is 499 g/mol. The maximum Gasteiger partial charge on any atom is 0.338 e. The lowest BCUT2D eigenvalue weighted by atomic mass is 9.95. The zero-order chi connectivity index (χ0) is 25.4. The molecule has 0 saturated carbocycles. The number of nitrogens with zero attached hydrogens (tertiary/aromatic N) is 2. The first kappa shape index (κ1) is 23.8. The van der Waals surface area contributed by atoms with Crippen molar-refractivity contribution in [2.75, 3.05) is 13.7 Å². The number of benzene rings is 3. The number of esters is 1. The number of fused-ring (bicyclic) bond motifs is 2. The Kier molecular flexibility index (Phi) is 6.33. The summed E-state index contributed by atoms with van der Waals surface area (Å²) in [4.78, 5) is 32.1. The Hall–Kier alpha value is -3.97. The Morgan fingerprint density at radius 1 is 1.06 bits per heavy atom. The normalized spacial score (nSPS) is 15.6. The van der Waals surface area contributed by atoms with E-state index in [9.17, 15) is 9.59 Å². The molecular weight excluding hydrogens is 472 g/mol. The second-order valence-electron chi connectivity index (χ2n) is 8.62. The van der Waals surface area contributed by atoms with E-state index in [4.69, 9.17) is 9.47 Å². The molecule has 1 aliphatic rings. The molecule has 1 atom stereocenters. The van der Waals surface area contributed by atoms with Crippen LogP contribution in [0.3, 0.4) is 0 Å². The first-order valence-corrected chi connectivity index (χ1v) is 12.6. The van der Waals surface area contributed by atoms with Crippen molar-refractivity contribution in [2.24, 2.45) is 4.99 Å². The molecule has 6 nitrogen and oxygen atoms in total. The average Bonchev–Trinajstić information content (AvgIpc) is 3.18. The Labute approximate surface area is 212 Å². The number of rotatable bonds is 5. The summed E-state index contributed by atoms with van der Waals surface area (Å²) < 4.78 is 13.0.